The van der Waals surface area contributed by atoms with Crippen molar-refractivity contribution in [3.8, 4) is 5.75 Å². The summed E-state index contributed by atoms with van der Waals surface area (Å²) in [6.07, 6.45) is 1.32. The molecule has 9 nitrogen and oxygen atoms in total. The number of carbonyl (C=O) groups is 2. The largest absolute Gasteiger partial charge is 0.492 e. The van der Waals surface area contributed by atoms with Gasteiger partial charge in [-0.2, -0.15) is 0 Å². The van der Waals surface area contributed by atoms with Crippen LogP contribution in [0.25, 0.3) is 0 Å². The Kier molecular flexibility index (Phi) is 6.66. The molecule has 0 bridgehead atoms. The van der Waals surface area contributed by atoms with Gasteiger partial charge in [0.1, 0.15) is 10.6 Å². The average Bonchev–Trinajstić information content (AvgIpc) is 2.63. The van der Waals surface area contributed by atoms with Crippen LogP contribution in [0.3, 0.4) is 0 Å². The zero-order valence-electron chi connectivity index (χ0n) is 15.8. The average molecular weight is 398 g/mol. The van der Waals surface area contributed by atoms with Crippen LogP contribution in [0.4, 0.5) is 10.5 Å². The molecule has 1 aromatic carbocycles. The fraction of sp³-hybridized carbons (Fsp3) is 0.529. The van der Waals surface area contributed by atoms with Gasteiger partial charge in [-0.05, 0) is 38.0 Å². The second-order valence-corrected chi connectivity index (χ2v) is 8.61. The standard InChI is InChI=1S/C17H26N4O5S/c1-4-26-14-8-7-13(10-15(14)27(24,25)20(2)3)19-16(22)12-6-5-9-21(11-12)17(18)23/h7-8,10,12H,4-6,9,11H2,1-3H3,(H2,18,23)(H,19,22)/t12-/m0/s1. The highest BCUT2D eigenvalue weighted by Gasteiger charge is 2.28. The molecule has 1 saturated heterocycles. The smallest absolute Gasteiger partial charge is 0.314 e. The molecule has 1 atom stereocenters. The number of nitrogens with one attached hydrogen (secondary N) is 1. The molecule has 1 heterocycles. The second-order valence-electron chi connectivity index (χ2n) is 6.49. The topological polar surface area (TPSA) is 122 Å². The number of primary amides is 1. The zero-order valence-corrected chi connectivity index (χ0v) is 16.6. The molecule has 0 aromatic heterocycles. The number of hydrogen-bond acceptors (Lipinski definition) is 5. The zero-order chi connectivity index (χ0) is 20.2. The third-order valence-electron chi connectivity index (χ3n) is 4.37. The molecular weight excluding hydrogens is 372 g/mol. The van der Waals surface area contributed by atoms with Gasteiger partial charge in [-0.3, -0.25) is 4.79 Å². The summed E-state index contributed by atoms with van der Waals surface area (Å²) in [5, 5.41) is 2.74. The number of hydrogen-bond donors (Lipinski definition) is 2. The Labute approximate surface area is 159 Å². The minimum Gasteiger partial charge on any atom is -0.492 e. The Bertz CT molecular complexity index is 810. The van der Waals surface area contributed by atoms with E-state index in [2.05, 4.69) is 5.32 Å². The van der Waals surface area contributed by atoms with Crippen molar-refractivity contribution in [1.29, 1.82) is 0 Å². The molecule has 0 unspecified atom stereocenters. The molecule has 27 heavy (non-hydrogen) atoms. The number of likely N-dealkylation sites (tertiary alicyclic amines) is 1. The summed E-state index contributed by atoms with van der Waals surface area (Å²) in [5.41, 5.74) is 5.64. The minimum absolute atomic E-state index is 0.0189. The van der Waals surface area contributed by atoms with E-state index in [0.717, 1.165) is 4.31 Å². The van der Waals surface area contributed by atoms with Crippen LogP contribution in [0.15, 0.2) is 23.1 Å². The molecule has 3 N–H and O–H groups in total. The molecule has 0 radical (unpaired) electrons. The molecule has 10 heteroatoms. The normalized spacial score (nSPS) is 17.6. The molecule has 1 fully saturated rings. The minimum atomic E-state index is -3.75. The van der Waals surface area contributed by atoms with E-state index in [-0.39, 0.29) is 23.1 Å². The Hall–Kier alpha value is -2.33. The van der Waals surface area contributed by atoms with Gasteiger partial charge in [0.05, 0.1) is 12.5 Å². The van der Waals surface area contributed by atoms with Crippen LogP contribution < -0.4 is 15.8 Å². The lowest BCUT2D eigenvalue weighted by Crippen LogP contribution is -2.46. The van der Waals surface area contributed by atoms with Gasteiger partial charge in [-0.15, -0.1) is 0 Å². The van der Waals surface area contributed by atoms with Crippen LogP contribution in [0.2, 0.25) is 0 Å². The first-order valence-corrected chi connectivity index (χ1v) is 10.2. The van der Waals surface area contributed by atoms with E-state index >= 15 is 0 Å². The van der Waals surface area contributed by atoms with E-state index in [1.165, 1.54) is 31.1 Å². The lowest BCUT2D eigenvalue weighted by molar-refractivity contribution is -0.121. The number of sulfonamides is 1. The first-order chi connectivity index (χ1) is 12.7. The molecule has 1 aliphatic rings. The predicted molar refractivity (Wildman–Crippen MR) is 101 cm³/mol. The SMILES string of the molecule is CCOc1ccc(NC(=O)[C@H]2CCCN(C(N)=O)C2)cc1S(=O)(=O)N(C)C. The van der Waals surface area contributed by atoms with E-state index in [1.54, 1.807) is 13.0 Å². The second kappa shape index (κ2) is 8.57. The number of benzene rings is 1. The molecule has 150 valence electrons. The Morgan fingerprint density at radius 3 is 2.67 bits per heavy atom. The van der Waals surface area contributed by atoms with Crippen molar-refractivity contribution in [3.05, 3.63) is 18.2 Å². The van der Waals surface area contributed by atoms with Gasteiger partial charge in [-0.25, -0.2) is 17.5 Å². The summed E-state index contributed by atoms with van der Waals surface area (Å²) in [6, 6.07) is 3.94. The van der Waals surface area contributed by atoms with Crippen molar-refractivity contribution in [2.45, 2.75) is 24.7 Å². The molecule has 0 spiro atoms. The third kappa shape index (κ3) is 4.89. The monoisotopic (exact) mass is 398 g/mol. The number of rotatable bonds is 6. The molecular formula is C17H26N4O5S. The lowest BCUT2D eigenvalue weighted by Gasteiger charge is -2.30. The van der Waals surface area contributed by atoms with Crippen molar-refractivity contribution in [3.63, 3.8) is 0 Å². The number of amides is 3. The first kappa shape index (κ1) is 21.0. The molecule has 1 aromatic rings. The molecule has 2 rings (SSSR count). The summed E-state index contributed by atoms with van der Waals surface area (Å²) in [6.45, 7) is 2.86. The van der Waals surface area contributed by atoms with Crippen molar-refractivity contribution in [1.82, 2.24) is 9.21 Å². The molecule has 1 aliphatic heterocycles. The summed E-state index contributed by atoms with van der Waals surface area (Å²) in [5.74, 6) is -0.452. The Morgan fingerprint density at radius 1 is 1.37 bits per heavy atom. The third-order valence-corrected chi connectivity index (χ3v) is 6.21. The highest BCUT2D eigenvalue weighted by Crippen LogP contribution is 2.29. The Morgan fingerprint density at radius 2 is 2.07 bits per heavy atom. The Balaban J connectivity index is 2.24. The van der Waals surface area contributed by atoms with Crippen LogP contribution in [0, 0.1) is 5.92 Å². The van der Waals surface area contributed by atoms with Crippen LogP contribution in [0.5, 0.6) is 5.75 Å². The number of piperidine rings is 1. The first-order valence-electron chi connectivity index (χ1n) is 8.71. The number of urea groups is 1. The van der Waals surface area contributed by atoms with Gasteiger partial charge in [0.25, 0.3) is 0 Å². The van der Waals surface area contributed by atoms with Crippen molar-refractivity contribution in [2.75, 3.05) is 39.1 Å². The van der Waals surface area contributed by atoms with Gasteiger partial charge in [0, 0.05) is 32.9 Å². The van der Waals surface area contributed by atoms with Crippen LogP contribution in [-0.4, -0.2) is 63.4 Å². The molecule has 3 amide bonds. The quantitative estimate of drug-likeness (QED) is 0.742. The molecule has 0 aliphatic carbocycles. The van der Waals surface area contributed by atoms with Gasteiger partial charge in [-0.1, -0.05) is 0 Å². The molecule has 0 saturated carbocycles. The lowest BCUT2D eigenvalue weighted by atomic mass is 9.97. The summed E-state index contributed by atoms with van der Waals surface area (Å²) in [4.78, 5) is 25.3. The predicted octanol–water partition coefficient (Wildman–Crippen LogP) is 1.06. The number of anilines is 1. The number of nitrogens with two attached hydrogens (primary N) is 1. The van der Waals surface area contributed by atoms with E-state index in [0.29, 0.717) is 31.7 Å². The van der Waals surface area contributed by atoms with Gasteiger partial charge in [0.2, 0.25) is 15.9 Å². The van der Waals surface area contributed by atoms with Crippen molar-refractivity contribution >= 4 is 27.6 Å². The van der Waals surface area contributed by atoms with Crippen molar-refractivity contribution < 1.29 is 22.7 Å². The van der Waals surface area contributed by atoms with Crippen LogP contribution in [-0.2, 0) is 14.8 Å². The number of nitrogens with zero attached hydrogens (tertiary/aromatic N) is 2. The van der Waals surface area contributed by atoms with Gasteiger partial charge >= 0.3 is 6.03 Å². The summed E-state index contributed by atoms with van der Waals surface area (Å²) in [7, 11) is -0.891. The summed E-state index contributed by atoms with van der Waals surface area (Å²) >= 11 is 0. The van der Waals surface area contributed by atoms with E-state index in [9.17, 15) is 18.0 Å². The fourth-order valence-electron chi connectivity index (χ4n) is 2.89. The maximum Gasteiger partial charge on any atom is 0.314 e. The van der Waals surface area contributed by atoms with Crippen LogP contribution >= 0.6 is 0 Å². The highest BCUT2D eigenvalue weighted by molar-refractivity contribution is 7.89. The van der Waals surface area contributed by atoms with Gasteiger partial charge < -0.3 is 20.7 Å². The van der Waals surface area contributed by atoms with E-state index in [4.69, 9.17) is 10.5 Å². The maximum absolute atomic E-state index is 12.6. The summed E-state index contributed by atoms with van der Waals surface area (Å²) < 4.78 is 31.6. The van der Waals surface area contributed by atoms with Crippen molar-refractivity contribution in [2.24, 2.45) is 11.7 Å². The number of carbonyl (C=O) groups excluding carboxylic acids is 2. The maximum atomic E-state index is 12.6. The fourth-order valence-corrected chi connectivity index (χ4v) is 3.94. The number of ether oxygens (including phenoxy) is 1. The van der Waals surface area contributed by atoms with E-state index < -0.39 is 22.0 Å². The van der Waals surface area contributed by atoms with Gasteiger partial charge in [0.15, 0.2) is 0 Å². The van der Waals surface area contributed by atoms with Crippen LogP contribution in [0.1, 0.15) is 19.8 Å². The van der Waals surface area contributed by atoms with E-state index in [1.807, 2.05) is 0 Å². The highest BCUT2D eigenvalue weighted by atomic mass is 32.2.